The van der Waals surface area contributed by atoms with Crippen LogP contribution in [-0.2, 0) is 10.8 Å². The summed E-state index contributed by atoms with van der Waals surface area (Å²) in [5.41, 5.74) is 23.7. The molecule has 0 saturated carbocycles. The smallest absolute Gasteiger partial charge is 0.0726 e. The van der Waals surface area contributed by atoms with Crippen molar-refractivity contribution < 1.29 is 0 Å². The number of nitrogens with zero attached hydrogens (tertiary/aromatic N) is 1. The lowest BCUT2D eigenvalue weighted by atomic mass is 9.70. The van der Waals surface area contributed by atoms with Gasteiger partial charge in [-0.25, -0.2) is 0 Å². The molecule has 0 amide bonds. The molecule has 1 spiro atoms. The fourth-order valence-corrected chi connectivity index (χ4v) is 12.8. The number of hydrogen-bond donors (Lipinski definition) is 0. The molecule has 3 aliphatic rings. The average Bonchev–Trinajstić information content (AvgIpc) is 3.95. The van der Waals surface area contributed by atoms with Crippen LogP contribution in [-0.4, -0.2) is 0 Å². The largest absolute Gasteiger partial charge is 0.309 e. The fraction of sp³-hybridized carbons (Fsp3) is 0.0606. The summed E-state index contributed by atoms with van der Waals surface area (Å²) in [6.07, 6.45) is 0. The van der Waals surface area contributed by atoms with Crippen molar-refractivity contribution in [3.8, 4) is 55.6 Å². The Labute approximate surface area is 391 Å². The van der Waals surface area contributed by atoms with Crippen LogP contribution < -0.4 is 4.90 Å². The Kier molecular flexibility index (Phi) is 8.02. The van der Waals surface area contributed by atoms with Gasteiger partial charge in [0.05, 0.1) is 16.8 Å². The second kappa shape index (κ2) is 14.1. The van der Waals surface area contributed by atoms with Crippen LogP contribution in [0.25, 0.3) is 77.2 Å². The Morgan fingerprint density at radius 1 is 0.313 bits per heavy atom. The summed E-state index contributed by atoms with van der Waals surface area (Å²) in [6, 6.07) is 88.7. The molecule has 0 saturated heterocycles. The molecule has 1 nitrogen and oxygen atoms in total. The molecule has 0 radical (unpaired) electrons. The van der Waals surface area contributed by atoms with E-state index in [1.54, 1.807) is 0 Å². The van der Waals surface area contributed by atoms with E-state index in [9.17, 15) is 0 Å². The molecule has 0 unspecified atom stereocenters. The molecule has 0 bridgehead atoms. The van der Waals surface area contributed by atoms with Gasteiger partial charge in [0.1, 0.15) is 0 Å². The second-order valence-electron chi connectivity index (χ2n) is 19.1. The molecule has 314 valence electrons. The Bertz CT molecular complexity index is 3780. The Morgan fingerprint density at radius 2 is 0.806 bits per heavy atom. The van der Waals surface area contributed by atoms with Crippen molar-refractivity contribution in [3.05, 3.63) is 270 Å². The molecule has 0 fully saturated rings. The SMILES string of the molecule is CC1(C)c2ccccc2-c2ccc3c(N(c4ccc(-c5cccc6cccc(-c7ccccc7)c56)cc4)c4cccc5c4-c4ccccc4C54c5ccccc5-c5ccccc54)cccc3c21. The number of anilines is 3. The van der Waals surface area contributed by atoms with Crippen LogP contribution in [0.4, 0.5) is 17.1 Å². The second-order valence-corrected chi connectivity index (χ2v) is 19.1. The number of hydrogen-bond acceptors (Lipinski definition) is 1. The zero-order chi connectivity index (χ0) is 44.4. The lowest BCUT2D eigenvalue weighted by Gasteiger charge is -2.32. The maximum absolute atomic E-state index is 2.56. The van der Waals surface area contributed by atoms with E-state index in [0.29, 0.717) is 0 Å². The van der Waals surface area contributed by atoms with Gasteiger partial charge < -0.3 is 4.90 Å². The molecule has 11 aromatic carbocycles. The normalized spacial score (nSPS) is 14.1. The Balaban J connectivity index is 1.03. The molecule has 0 atom stereocenters. The van der Waals surface area contributed by atoms with E-state index in [1.165, 1.54) is 116 Å². The van der Waals surface area contributed by atoms with Crippen LogP contribution in [0, 0.1) is 0 Å². The van der Waals surface area contributed by atoms with E-state index in [2.05, 4.69) is 255 Å². The van der Waals surface area contributed by atoms with Crippen molar-refractivity contribution in [2.45, 2.75) is 24.7 Å². The van der Waals surface area contributed by atoms with E-state index in [4.69, 9.17) is 0 Å². The zero-order valence-electron chi connectivity index (χ0n) is 37.5. The summed E-state index contributed by atoms with van der Waals surface area (Å²) in [5, 5.41) is 5.04. The van der Waals surface area contributed by atoms with Gasteiger partial charge in [0, 0.05) is 22.1 Å². The molecule has 1 heteroatoms. The van der Waals surface area contributed by atoms with E-state index in [0.717, 1.165) is 11.4 Å². The van der Waals surface area contributed by atoms with Crippen LogP contribution in [0.5, 0.6) is 0 Å². The highest BCUT2D eigenvalue weighted by atomic mass is 15.1. The van der Waals surface area contributed by atoms with Gasteiger partial charge in [0.15, 0.2) is 0 Å². The van der Waals surface area contributed by atoms with Crippen molar-refractivity contribution in [2.24, 2.45) is 0 Å². The van der Waals surface area contributed by atoms with Gasteiger partial charge in [-0.15, -0.1) is 0 Å². The van der Waals surface area contributed by atoms with Crippen LogP contribution in [0.2, 0.25) is 0 Å². The Morgan fingerprint density at radius 3 is 1.48 bits per heavy atom. The molecule has 0 N–H and O–H groups in total. The summed E-state index contributed by atoms with van der Waals surface area (Å²) in [5.74, 6) is 0. The van der Waals surface area contributed by atoms with E-state index in [-0.39, 0.29) is 5.41 Å². The van der Waals surface area contributed by atoms with Gasteiger partial charge in [0.25, 0.3) is 0 Å². The van der Waals surface area contributed by atoms with Crippen molar-refractivity contribution in [2.75, 3.05) is 4.90 Å². The van der Waals surface area contributed by atoms with Crippen molar-refractivity contribution in [1.29, 1.82) is 0 Å². The van der Waals surface area contributed by atoms with E-state index >= 15 is 0 Å². The van der Waals surface area contributed by atoms with Crippen molar-refractivity contribution >= 4 is 38.6 Å². The molecule has 67 heavy (non-hydrogen) atoms. The maximum atomic E-state index is 2.56. The topological polar surface area (TPSA) is 3.24 Å². The summed E-state index contributed by atoms with van der Waals surface area (Å²) < 4.78 is 0. The first-order valence-corrected chi connectivity index (χ1v) is 23.6. The van der Waals surface area contributed by atoms with Crippen molar-refractivity contribution in [1.82, 2.24) is 0 Å². The molecule has 14 rings (SSSR count). The zero-order valence-corrected chi connectivity index (χ0v) is 37.5. The third-order valence-corrected chi connectivity index (χ3v) is 15.5. The molecule has 11 aromatic rings. The average molecular weight is 852 g/mol. The standard InChI is InChI=1S/C66H45N/c1-65(2)55-29-10-6-24-50(55)53-41-40-51-52(64(53)65)28-16-34-60(51)67(45-38-36-43(37-39-45)47-27-15-21-44-20-14-26-46(62(44)47)42-18-4-3-5-19-42)61-35-17-33-59-63(61)54-25-9-13-32-58(54)66(59)56-30-11-7-22-48(56)49-23-8-12-31-57(49)66/h3-41H,1-2H3. The quantitative estimate of drug-likeness (QED) is 0.167. The van der Waals surface area contributed by atoms with Crippen LogP contribution in [0.1, 0.15) is 47.2 Å². The number of fused-ring (bicyclic) bond motifs is 16. The van der Waals surface area contributed by atoms with Gasteiger partial charge in [-0.2, -0.15) is 0 Å². The van der Waals surface area contributed by atoms with Gasteiger partial charge in [-0.1, -0.05) is 226 Å². The highest BCUT2D eigenvalue weighted by molar-refractivity contribution is 6.09. The first-order valence-electron chi connectivity index (χ1n) is 23.6. The number of benzene rings is 11. The lowest BCUT2D eigenvalue weighted by molar-refractivity contribution is 0.666. The summed E-state index contributed by atoms with van der Waals surface area (Å²) in [7, 11) is 0. The van der Waals surface area contributed by atoms with Crippen LogP contribution >= 0.6 is 0 Å². The minimum absolute atomic E-state index is 0.157. The predicted molar refractivity (Wildman–Crippen MR) is 281 cm³/mol. The van der Waals surface area contributed by atoms with Gasteiger partial charge in [0.2, 0.25) is 0 Å². The van der Waals surface area contributed by atoms with Gasteiger partial charge >= 0.3 is 0 Å². The van der Waals surface area contributed by atoms with E-state index in [1.807, 2.05) is 0 Å². The Hall–Kier alpha value is -8.26. The third kappa shape index (κ3) is 5.14. The van der Waals surface area contributed by atoms with Crippen LogP contribution in [0.3, 0.4) is 0 Å². The first kappa shape index (κ1) is 38.1. The summed E-state index contributed by atoms with van der Waals surface area (Å²) in [6.45, 7) is 4.79. The molecular formula is C66H45N. The third-order valence-electron chi connectivity index (χ3n) is 15.5. The van der Waals surface area contributed by atoms with Crippen LogP contribution in [0.15, 0.2) is 237 Å². The fourth-order valence-electron chi connectivity index (χ4n) is 12.8. The molecule has 0 aromatic heterocycles. The van der Waals surface area contributed by atoms with E-state index < -0.39 is 5.41 Å². The predicted octanol–water partition coefficient (Wildman–Crippen LogP) is 17.4. The highest BCUT2D eigenvalue weighted by Gasteiger charge is 2.52. The summed E-state index contributed by atoms with van der Waals surface area (Å²) in [4.78, 5) is 2.56. The maximum Gasteiger partial charge on any atom is 0.0726 e. The summed E-state index contributed by atoms with van der Waals surface area (Å²) >= 11 is 0. The molecule has 0 aliphatic heterocycles. The molecule has 0 heterocycles. The minimum atomic E-state index is -0.454. The monoisotopic (exact) mass is 851 g/mol. The van der Waals surface area contributed by atoms with Gasteiger partial charge in [-0.3, -0.25) is 0 Å². The highest BCUT2D eigenvalue weighted by Crippen LogP contribution is 2.65. The van der Waals surface area contributed by atoms with Gasteiger partial charge in [-0.05, 0) is 124 Å². The number of rotatable bonds is 5. The molecular weight excluding hydrogens is 807 g/mol. The first-order chi connectivity index (χ1) is 33.0. The minimum Gasteiger partial charge on any atom is -0.309 e. The molecule has 3 aliphatic carbocycles. The lowest BCUT2D eigenvalue weighted by Crippen LogP contribution is -2.26. The van der Waals surface area contributed by atoms with Crippen molar-refractivity contribution in [3.63, 3.8) is 0 Å².